The van der Waals surface area contributed by atoms with Crippen molar-refractivity contribution in [3.8, 4) is 0 Å². The molecule has 0 heterocycles. The highest BCUT2D eigenvalue weighted by Gasteiger charge is 2.37. The largest absolute Gasteiger partial charge is 0.323 e. The Morgan fingerprint density at radius 2 is 1.39 bits per heavy atom. The van der Waals surface area contributed by atoms with E-state index in [9.17, 15) is 14.4 Å². The molecule has 0 radical (unpaired) electrons. The van der Waals surface area contributed by atoms with Gasteiger partial charge in [0.15, 0.2) is 11.9 Å². The molecule has 0 aliphatic rings. The smallest absolute Gasteiger partial charge is 0.248 e. The maximum atomic E-state index is 11.6. The summed E-state index contributed by atoms with van der Waals surface area (Å²) >= 11 is 0. The molecule has 18 heavy (non-hydrogen) atoms. The van der Waals surface area contributed by atoms with E-state index in [0.29, 0.717) is 6.29 Å². The van der Waals surface area contributed by atoms with Crippen LogP contribution in [0.25, 0.3) is 0 Å². The molecule has 0 aromatic heterocycles. The summed E-state index contributed by atoms with van der Waals surface area (Å²) < 4.78 is 0. The van der Waals surface area contributed by atoms with Crippen LogP contribution >= 0.6 is 0 Å². The molecular weight excluding hydrogens is 232 g/mol. The highest BCUT2D eigenvalue weighted by atomic mass is 16.2. The maximum Gasteiger partial charge on any atom is 0.248 e. The van der Waals surface area contributed by atoms with Gasteiger partial charge >= 0.3 is 0 Å². The van der Waals surface area contributed by atoms with E-state index >= 15 is 0 Å². The van der Waals surface area contributed by atoms with Crippen molar-refractivity contribution in [2.75, 3.05) is 0 Å². The van der Waals surface area contributed by atoms with E-state index in [1.165, 1.54) is 13.8 Å². The van der Waals surface area contributed by atoms with Gasteiger partial charge in [-0.05, 0) is 13.8 Å². The SMILES string of the molecule is C=C(C)C(=O)NC(C=O)(NC(=O)C(=C)C)C(C)C. The summed E-state index contributed by atoms with van der Waals surface area (Å²) in [6.45, 7) is 13.4. The Morgan fingerprint density at radius 1 is 1.06 bits per heavy atom. The molecule has 0 saturated carbocycles. The van der Waals surface area contributed by atoms with Crippen LogP contribution in [0.5, 0.6) is 0 Å². The fourth-order valence-electron chi connectivity index (χ4n) is 1.10. The molecule has 0 fully saturated rings. The lowest BCUT2D eigenvalue weighted by atomic mass is 9.96. The van der Waals surface area contributed by atoms with Crippen molar-refractivity contribution in [2.24, 2.45) is 5.92 Å². The first kappa shape index (κ1) is 16.1. The predicted molar refractivity (Wildman–Crippen MR) is 69.5 cm³/mol. The van der Waals surface area contributed by atoms with Gasteiger partial charge < -0.3 is 10.6 Å². The van der Waals surface area contributed by atoms with E-state index in [-0.39, 0.29) is 17.1 Å². The summed E-state index contributed by atoms with van der Waals surface area (Å²) in [5, 5.41) is 4.97. The van der Waals surface area contributed by atoms with Gasteiger partial charge in [0.2, 0.25) is 11.8 Å². The molecule has 2 N–H and O–H groups in total. The Kier molecular flexibility index (Phi) is 5.49. The molecule has 0 aliphatic carbocycles. The third-order valence-electron chi connectivity index (χ3n) is 2.51. The van der Waals surface area contributed by atoms with Crippen molar-refractivity contribution in [3.05, 3.63) is 24.3 Å². The molecule has 0 saturated heterocycles. The number of nitrogens with one attached hydrogen (secondary N) is 2. The molecule has 0 aromatic carbocycles. The van der Waals surface area contributed by atoms with Crippen LogP contribution in [0, 0.1) is 5.92 Å². The Labute approximate surface area is 107 Å². The summed E-state index contributed by atoms with van der Waals surface area (Å²) in [6, 6.07) is 0. The zero-order valence-corrected chi connectivity index (χ0v) is 11.3. The van der Waals surface area contributed by atoms with Gasteiger partial charge in [0, 0.05) is 17.1 Å². The molecule has 0 aromatic rings. The number of hydrogen-bond donors (Lipinski definition) is 2. The van der Waals surface area contributed by atoms with E-state index < -0.39 is 17.5 Å². The number of amides is 2. The molecule has 2 amide bonds. The Balaban J connectivity index is 5.23. The molecule has 0 spiro atoms. The van der Waals surface area contributed by atoms with Gasteiger partial charge in [-0.15, -0.1) is 0 Å². The predicted octanol–water partition coefficient (Wildman–Crippen LogP) is 0.922. The second-order valence-electron chi connectivity index (χ2n) is 4.61. The van der Waals surface area contributed by atoms with Gasteiger partial charge in [-0.1, -0.05) is 27.0 Å². The molecule has 5 nitrogen and oxygen atoms in total. The maximum absolute atomic E-state index is 11.6. The number of hydrogen-bond acceptors (Lipinski definition) is 3. The molecular formula is C13H20N2O3. The van der Waals surface area contributed by atoms with E-state index in [0.717, 1.165) is 0 Å². The van der Waals surface area contributed by atoms with Crippen LogP contribution in [0.3, 0.4) is 0 Å². The topological polar surface area (TPSA) is 75.3 Å². The standard InChI is InChI=1S/C13H20N2O3/c1-8(2)11(17)14-13(7-16,10(5)6)15-12(18)9(3)4/h7,10H,1,3H2,2,4-6H3,(H,14,17)(H,15,18). The highest BCUT2D eigenvalue weighted by Crippen LogP contribution is 2.13. The second kappa shape index (κ2) is 6.14. The number of aldehydes is 1. The van der Waals surface area contributed by atoms with Crippen LogP contribution in [-0.2, 0) is 14.4 Å². The second-order valence-corrected chi connectivity index (χ2v) is 4.61. The first-order chi connectivity index (χ1) is 8.16. The summed E-state index contributed by atoms with van der Waals surface area (Å²) in [4.78, 5) is 34.6. The average molecular weight is 252 g/mol. The van der Waals surface area contributed by atoms with Gasteiger partial charge in [0.1, 0.15) is 0 Å². The van der Waals surface area contributed by atoms with Crippen LogP contribution in [0.4, 0.5) is 0 Å². The minimum Gasteiger partial charge on any atom is -0.323 e. The molecule has 0 unspecified atom stereocenters. The molecule has 100 valence electrons. The molecule has 0 rings (SSSR count). The van der Waals surface area contributed by atoms with E-state index in [2.05, 4.69) is 23.8 Å². The number of carbonyl (C=O) groups is 3. The lowest BCUT2D eigenvalue weighted by molar-refractivity contribution is -0.131. The minimum atomic E-state index is -1.45. The van der Waals surface area contributed by atoms with Crippen LogP contribution in [-0.4, -0.2) is 23.8 Å². The van der Waals surface area contributed by atoms with Gasteiger partial charge in [-0.2, -0.15) is 0 Å². The first-order valence-electron chi connectivity index (χ1n) is 5.58. The minimum absolute atomic E-state index is 0.256. The van der Waals surface area contributed by atoms with Crippen molar-refractivity contribution in [2.45, 2.75) is 33.4 Å². The third-order valence-corrected chi connectivity index (χ3v) is 2.51. The van der Waals surface area contributed by atoms with Gasteiger partial charge in [-0.3, -0.25) is 14.4 Å². The molecule has 0 bridgehead atoms. The number of rotatable bonds is 6. The summed E-state index contributed by atoms with van der Waals surface area (Å²) in [5.74, 6) is -1.29. The van der Waals surface area contributed by atoms with Gasteiger partial charge in [-0.25, -0.2) is 0 Å². The number of carbonyl (C=O) groups excluding carboxylic acids is 3. The lowest BCUT2D eigenvalue weighted by Crippen LogP contribution is -2.65. The zero-order chi connectivity index (χ0) is 14.5. The fourth-order valence-corrected chi connectivity index (χ4v) is 1.10. The van der Waals surface area contributed by atoms with E-state index in [1.54, 1.807) is 13.8 Å². The fraction of sp³-hybridized carbons (Fsp3) is 0.462. The van der Waals surface area contributed by atoms with Gasteiger partial charge in [0.25, 0.3) is 0 Å². The normalized spacial score (nSPS) is 10.7. The van der Waals surface area contributed by atoms with Crippen LogP contribution in [0.1, 0.15) is 27.7 Å². The Morgan fingerprint density at radius 3 is 1.56 bits per heavy atom. The summed E-state index contributed by atoms with van der Waals surface area (Å²) in [7, 11) is 0. The average Bonchev–Trinajstić information content (AvgIpc) is 2.26. The van der Waals surface area contributed by atoms with Crippen molar-refractivity contribution >= 4 is 18.1 Å². The van der Waals surface area contributed by atoms with Crippen molar-refractivity contribution in [1.29, 1.82) is 0 Å². The van der Waals surface area contributed by atoms with Crippen molar-refractivity contribution in [3.63, 3.8) is 0 Å². The lowest BCUT2D eigenvalue weighted by Gasteiger charge is -2.34. The van der Waals surface area contributed by atoms with Crippen LogP contribution < -0.4 is 10.6 Å². The Hall–Kier alpha value is -1.91. The highest BCUT2D eigenvalue weighted by molar-refractivity contribution is 5.98. The zero-order valence-electron chi connectivity index (χ0n) is 11.3. The van der Waals surface area contributed by atoms with Crippen LogP contribution in [0.15, 0.2) is 24.3 Å². The Bertz CT molecular complexity index is 369. The van der Waals surface area contributed by atoms with Crippen LogP contribution in [0.2, 0.25) is 0 Å². The third kappa shape index (κ3) is 3.84. The summed E-state index contributed by atoms with van der Waals surface area (Å²) in [5.41, 5.74) is -0.940. The monoisotopic (exact) mass is 252 g/mol. The van der Waals surface area contributed by atoms with Crippen molar-refractivity contribution < 1.29 is 14.4 Å². The van der Waals surface area contributed by atoms with E-state index in [4.69, 9.17) is 0 Å². The molecule has 0 atom stereocenters. The molecule has 5 heteroatoms. The molecule has 0 aliphatic heterocycles. The van der Waals surface area contributed by atoms with E-state index in [1.807, 2.05) is 0 Å². The quantitative estimate of drug-likeness (QED) is 0.419. The van der Waals surface area contributed by atoms with Crippen molar-refractivity contribution in [1.82, 2.24) is 10.6 Å². The first-order valence-corrected chi connectivity index (χ1v) is 5.58. The van der Waals surface area contributed by atoms with Gasteiger partial charge in [0.05, 0.1) is 0 Å². The summed E-state index contributed by atoms with van der Waals surface area (Å²) in [6.07, 6.45) is 0.513.